The second kappa shape index (κ2) is 16.6. The molecule has 0 aliphatic carbocycles. The molecule has 0 bridgehead atoms. The Morgan fingerprint density at radius 1 is 0.721 bits per heavy atom. The number of para-hydroxylation sites is 3. The minimum Gasteiger partial charge on any atom is -0.509 e. The minimum atomic E-state index is -2.52. The van der Waals surface area contributed by atoms with Crippen molar-refractivity contribution in [2.75, 3.05) is 16.3 Å². The summed E-state index contributed by atoms with van der Waals surface area (Å²) in [4.78, 5) is 8.87. The van der Waals surface area contributed by atoms with Crippen LogP contribution in [0, 0.1) is 25.7 Å². The molecule has 0 spiro atoms. The molecule has 0 fully saturated rings. The molecule has 61 heavy (non-hydrogen) atoms. The molecule has 10 rings (SSSR count). The summed E-state index contributed by atoms with van der Waals surface area (Å²) in [6.45, 7) is 6.36. The first-order chi connectivity index (χ1) is 32.6. The standard InChI is InChI=1S/C55H45N4O.Pt/c1-38-14-12-20-47(40-15-6-5-7-16-40)46(38)31-33-57-37-58(52-23-11-10-22-51(52)57)43-17-13-18-44(35-43)60-45-28-29-49-48-19-8-9-21-50(48)59(53(49)36-45)54-34-41(30-32-56-54)39-24-26-42(27-25-39)55(2,3)4;/h5-30,32,34,37H,31,33H2,1-4H3;/q-3;/i1D3,5D,6D,7D,15D,16D;. The summed E-state index contributed by atoms with van der Waals surface area (Å²) in [5.41, 5.74) is 8.45. The number of rotatable bonds is 9. The van der Waals surface area contributed by atoms with E-state index in [2.05, 4.69) is 86.0 Å². The summed E-state index contributed by atoms with van der Waals surface area (Å²) in [6, 6.07) is 48.1. The molecule has 9 aromatic rings. The van der Waals surface area contributed by atoms with Crippen LogP contribution in [0.25, 0.3) is 49.9 Å². The van der Waals surface area contributed by atoms with Crippen LogP contribution in [-0.2, 0) is 32.9 Å². The van der Waals surface area contributed by atoms with Gasteiger partial charge in [-0.15, -0.1) is 41.4 Å². The molecule has 0 unspecified atom stereocenters. The van der Waals surface area contributed by atoms with E-state index in [1.807, 2.05) is 89.4 Å². The molecule has 7 aromatic carbocycles. The third-order valence-electron chi connectivity index (χ3n) is 11.1. The van der Waals surface area contributed by atoms with E-state index in [4.69, 9.17) is 20.7 Å². The normalized spacial score (nSPS) is 14.5. The van der Waals surface area contributed by atoms with Crippen molar-refractivity contribution in [1.82, 2.24) is 9.55 Å². The molecule has 1 aliphatic rings. The summed E-state index contributed by atoms with van der Waals surface area (Å²) in [7, 11) is 0. The van der Waals surface area contributed by atoms with Crippen LogP contribution >= 0.6 is 0 Å². The fourth-order valence-corrected chi connectivity index (χ4v) is 8.06. The van der Waals surface area contributed by atoms with Crippen LogP contribution in [0.3, 0.4) is 0 Å². The van der Waals surface area contributed by atoms with E-state index in [-0.39, 0.29) is 56.1 Å². The molecule has 0 atom stereocenters. The van der Waals surface area contributed by atoms with Gasteiger partial charge in [0.25, 0.3) is 0 Å². The number of anilines is 3. The van der Waals surface area contributed by atoms with E-state index in [1.54, 1.807) is 12.1 Å². The fourth-order valence-electron chi connectivity index (χ4n) is 8.06. The van der Waals surface area contributed by atoms with Gasteiger partial charge < -0.3 is 19.1 Å². The van der Waals surface area contributed by atoms with Crippen molar-refractivity contribution in [3.8, 4) is 39.6 Å². The second-order valence-electron chi connectivity index (χ2n) is 15.9. The first-order valence-corrected chi connectivity index (χ1v) is 20.0. The van der Waals surface area contributed by atoms with Gasteiger partial charge in [0.1, 0.15) is 5.82 Å². The molecule has 0 saturated heterocycles. The van der Waals surface area contributed by atoms with Crippen LogP contribution in [0.2, 0.25) is 0 Å². The van der Waals surface area contributed by atoms with Crippen molar-refractivity contribution < 1.29 is 36.8 Å². The number of fused-ring (bicyclic) bond motifs is 4. The molecule has 0 saturated carbocycles. The third kappa shape index (κ3) is 7.75. The van der Waals surface area contributed by atoms with Crippen LogP contribution in [0.15, 0.2) is 170 Å². The van der Waals surface area contributed by atoms with Crippen molar-refractivity contribution in [2.24, 2.45) is 0 Å². The Kier molecular flexibility index (Phi) is 8.54. The maximum atomic E-state index is 8.70. The topological polar surface area (TPSA) is 33.5 Å². The molecule has 0 N–H and O–H groups in total. The van der Waals surface area contributed by atoms with Gasteiger partial charge in [0.15, 0.2) is 0 Å². The Labute approximate surface area is 384 Å². The molecule has 304 valence electrons. The molecule has 2 aromatic heterocycles. The van der Waals surface area contributed by atoms with Crippen molar-refractivity contribution in [2.45, 2.75) is 39.5 Å². The average Bonchev–Trinajstić information content (AvgIpc) is 3.87. The Hall–Kier alpha value is -6.42. The molecule has 0 amide bonds. The van der Waals surface area contributed by atoms with Crippen molar-refractivity contribution in [1.29, 1.82) is 0 Å². The number of pyridine rings is 1. The van der Waals surface area contributed by atoms with Crippen LogP contribution in [0.1, 0.15) is 48.4 Å². The zero-order chi connectivity index (χ0) is 47.6. The van der Waals surface area contributed by atoms with Gasteiger partial charge in [-0.05, 0) is 99.9 Å². The number of nitrogens with zero attached hydrogens (tertiary/aromatic N) is 4. The number of hydrogen-bond acceptors (Lipinski definition) is 4. The second-order valence-corrected chi connectivity index (χ2v) is 15.9. The monoisotopic (exact) mass is 980 g/mol. The first-order valence-electron chi connectivity index (χ1n) is 24.0. The maximum absolute atomic E-state index is 8.70. The molecular weight excluding hydrogens is 928 g/mol. The summed E-state index contributed by atoms with van der Waals surface area (Å²) in [5, 5.41) is 2.08. The average molecular weight is 981 g/mol. The maximum Gasteiger partial charge on any atom is 0.136 e. The number of aromatic nitrogens is 2. The van der Waals surface area contributed by atoms with Crippen LogP contribution < -0.4 is 14.5 Å². The van der Waals surface area contributed by atoms with Crippen molar-refractivity contribution in [3.05, 3.63) is 205 Å². The number of hydrogen-bond donors (Lipinski definition) is 0. The Morgan fingerprint density at radius 3 is 2.31 bits per heavy atom. The number of benzene rings is 7. The summed E-state index contributed by atoms with van der Waals surface area (Å²) >= 11 is 0. The zero-order valence-electron chi connectivity index (χ0n) is 41.8. The Morgan fingerprint density at radius 2 is 1.49 bits per heavy atom. The van der Waals surface area contributed by atoms with Crippen LogP contribution in [0.4, 0.5) is 17.1 Å². The van der Waals surface area contributed by atoms with Crippen molar-refractivity contribution >= 4 is 38.9 Å². The Balaban J connectivity index is 0.00000593. The van der Waals surface area contributed by atoms with E-state index in [0.29, 0.717) is 34.9 Å². The van der Waals surface area contributed by atoms with Crippen molar-refractivity contribution in [3.63, 3.8) is 0 Å². The van der Waals surface area contributed by atoms with Gasteiger partial charge in [-0.2, -0.15) is 18.8 Å². The molecule has 0 radical (unpaired) electrons. The molecule has 1 aliphatic heterocycles. The van der Waals surface area contributed by atoms with E-state index in [0.717, 1.165) is 50.1 Å². The third-order valence-corrected chi connectivity index (χ3v) is 11.1. The van der Waals surface area contributed by atoms with E-state index < -0.39 is 25.0 Å². The van der Waals surface area contributed by atoms with Gasteiger partial charge in [0.05, 0.1) is 6.85 Å². The van der Waals surface area contributed by atoms with Crippen LogP contribution in [-0.4, -0.2) is 16.1 Å². The van der Waals surface area contributed by atoms with Gasteiger partial charge in [-0.25, -0.2) is 4.98 Å². The fraction of sp³-hybridized carbons (Fsp3) is 0.127. The van der Waals surface area contributed by atoms with Gasteiger partial charge in [0.2, 0.25) is 0 Å². The summed E-state index contributed by atoms with van der Waals surface area (Å²) < 4.78 is 76.1. The number of aryl methyl sites for hydroxylation is 1. The largest absolute Gasteiger partial charge is 0.509 e. The van der Waals surface area contributed by atoms with Gasteiger partial charge in [-0.3, -0.25) is 0 Å². The van der Waals surface area contributed by atoms with Gasteiger partial charge in [-0.1, -0.05) is 129 Å². The predicted molar refractivity (Wildman–Crippen MR) is 247 cm³/mol. The van der Waals surface area contributed by atoms with E-state index in [1.165, 1.54) is 11.6 Å². The summed E-state index contributed by atoms with van der Waals surface area (Å²) in [6.07, 6.45) is 2.04. The molecular formula is C55H45N4OPt-3. The first kappa shape index (κ1) is 31.5. The predicted octanol–water partition coefficient (Wildman–Crippen LogP) is 13.8. The number of ether oxygens (including phenoxy) is 1. The SMILES string of the molecule is [2H]c1c([2H])c([2H])c(-c2cccc(C([2H])([2H])[2H])c2CCN2[CH-]N(c3[c-]c(Oc4[c-]c5c(cc4)c4ccccc4n5-c4cc(-c5ccc(C(C)(C)C)cc5)ccn4)ccc3)c3ccccc32)c([2H])c1[2H].[Pt]. The molecule has 5 nitrogen and oxygen atoms in total. The van der Waals surface area contributed by atoms with Crippen LogP contribution in [0.5, 0.6) is 11.5 Å². The van der Waals surface area contributed by atoms with E-state index >= 15 is 0 Å². The van der Waals surface area contributed by atoms with Gasteiger partial charge in [0, 0.05) is 59.8 Å². The minimum absolute atomic E-state index is 0. The van der Waals surface area contributed by atoms with E-state index in [9.17, 15) is 0 Å². The summed E-state index contributed by atoms with van der Waals surface area (Å²) in [5.74, 6) is 1.73. The molecule has 3 heterocycles. The zero-order valence-corrected chi connectivity index (χ0v) is 36.1. The quantitative estimate of drug-likeness (QED) is 0.135. The Bertz CT molecular complexity index is 3390. The smallest absolute Gasteiger partial charge is 0.136 e. The molecule has 6 heteroatoms. The van der Waals surface area contributed by atoms with Gasteiger partial charge >= 0.3 is 0 Å².